The zero-order chi connectivity index (χ0) is 11.3. The molecule has 80 valence electrons. The molecule has 0 bridgehead atoms. The molecule has 0 fully saturated rings. The highest BCUT2D eigenvalue weighted by Crippen LogP contribution is 2.41. The smallest absolute Gasteiger partial charge is 0.138 e. The Hall–Kier alpha value is -0.510. The summed E-state index contributed by atoms with van der Waals surface area (Å²) >= 11 is 13.2. The largest absolute Gasteiger partial charge is 0.456 e. The van der Waals surface area contributed by atoms with Gasteiger partial charge in [0.2, 0.25) is 0 Å². The molecule has 3 rings (SSSR count). The zero-order valence-electron chi connectivity index (χ0n) is 7.93. The molecule has 0 amide bonds. The minimum atomic E-state index is 0.675. The lowest BCUT2D eigenvalue weighted by atomic mass is 10.1. The molecule has 0 saturated carbocycles. The lowest BCUT2D eigenvalue weighted by molar-refractivity contribution is 0.668. The van der Waals surface area contributed by atoms with Crippen molar-refractivity contribution in [3.05, 3.63) is 44.3 Å². The van der Waals surface area contributed by atoms with Crippen LogP contribution < -0.4 is 0 Å². The second-order valence-electron chi connectivity index (χ2n) is 3.46. The summed E-state index contributed by atoms with van der Waals surface area (Å²) < 4.78 is 7.48. The van der Waals surface area contributed by atoms with E-state index in [0.717, 1.165) is 30.9 Å². The number of para-hydroxylation sites is 1. The van der Waals surface area contributed by atoms with Crippen LogP contribution in [-0.2, 0) is 0 Å². The van der Waals surface area contributed by atoms with Crippen molar-refractivity contribution in [3.63, 3.8) is 0 Å². The van der Waals surface area contributed by atoms with Gasteiger partial charge in [-0.1, -0.05) is 29.8 Å². The van der Waals surface area contributed by atoms with Crippen LogP contribution in [0.3, 0.4) is 0 Å². The van der Waals surface area contributed by atoms with Crippen molar-refractivity contribution < 1.29 is 4.42 Å². The number of rotatable bonds is 0. The maximum Gasteiger partial charge on any atom is 0.138 e. The number of fused-ring (bicyclic) bond motifs is 3. The summed E-state index contributed by atoms with van der Waals surface area (Å²) in [6.45, 7) is 0. The molecule has 0 aliphatic carbocycles. The number of hydrogen-bond acceptors (Lipinski definition) is 1. The van der Waals surface area contributed by atoms with Crippen LogP contribution in [0.4, 0.5) is 0 Å². The summed E-state index contributed by atoms with van der Waals surface area (Å²) in [6.07, 6.45) is 0. The normalized spacial score (nSPS) is 11.4. The Balaban J connectivity index is 2.62. The van der Waals surface area contributed by atoms with Crippen LogP contribution in [0, 0.1) is 0 Å². The second-order valence-corrected chi connectivity index (χ2v) is 5.48. The topological polar surface area (TPSA) is 13.1 Å². The first-order valence-electron chi connectivity index (χ1n) is 4.63. The van der Waals surface area contributed by atoms with E-state index in [1.807, 2.05) is 30.3 Å². The first kappa shape index (κ1) is 10.6. The van der Waals surface area contributed by atoms with Crippen molar-refractivity contribution in [2.45, 2.75) is 0 Å². The van der Waals surface area contributed by atoms with Crippen molar-refractivity contribution in [2.75, 3.05) is 0 Å². The highest BCUT2D eigenvalue weighted by molar-refractivity contribution is 9.13. The van der Waals surface area contributed by atoms with Gasteiger partial charge < -0.3 is 4.42 Å². The van der Waals surface area contributed by atoms with Gasteiger partial charge >= 0.3 is 0 Å². The molecule has 0 saturated heterocycles. The van der Waals surface area contributed by atoms with Crippen molar-refractivity contribution in [1.82, 2.24) is 0 Å². The molecule has 0 radical (unpaired) electrons. The van der Waals surface area contributed by atoms with Crippen LogP contribution in [-0.4, -0.2) is 0 Å². The maximum atomic E-state index is 6.31. The fourth-order valence-corrected chi connectivity index (χ4v) is 2.92. The number of halogens is 3. The third kappa shape index (κ3) is 1.42. The van der Waals surface area contributed by atoms with Gasteiger partial charge in [-0.2, -0.15) is 0 Å². The quantitative estimate of drug-likeness (QED) is 0.464. The summed E-state index contributed by atoms with van der Waals surface area (Å²) in [5, 5.41) is 2.66. The van der Waals surface area contributed by atoms with Gasteiger partial charge in [0.15, 0.2) is 0 Å². The van der Waals surface area contributed by atoms with Crippen molar-refractivity contribution in [3.8, 4) is 0 Å². The lowest BCUT2D eigenvalue weighted by Crippen LogP contribution is -1.74. The minimum Gasteiger partial charge on any atom is -0.456 e. The van der Waals surface area contributed by atoms with E-state index < -0.39 is 0 Å². The van der Waals surface area contributed by atoms with Crippen LogP contribution in [0.2, 0.25) is 5.02 Å². The van der Waals surface area contributed by atoms with Gasteiger partial charge in [-0.25, -0.2) is 0 Å². The van der Waals surface area contributed by atoms with E-state index in [1.54, 1.807) is 0 Å². The maximum absolute atomic E-state index is 6.31. The van der Waals surface area contributed by atoms with Crippen molar-refractivity contribution in [1.29, 1.82) is 0 Å². The predicted octanol–water partition coefficient (Wildman–Crippen LogP) is 5.76. The summed E-state index contributed by atoms with van der Waals surface area (Å²) in [6, 6.07) is 9.79. The van der Waals surface area contributed by atoms with Gasteiger partial charge in [0.05, 0.1) is 9.50 Å². The predicted molar refractivity (Wildman–Crippen MR) is 74.1 cm³/mol. The van der Waals surface area contributed by atoms with E-state index in [1.165, 1.54) is 0 Å². The lowest BCUT2D eigenvalue weighted by Gasteiger charge is -2.00. The molecular weight excluding hydrogens is 355 g/mol. The van der Waals surface area contributed by atoms with Gasteiger partial charge in [0.25, 0.3) is 0 Å². The second kappa shape index (κ2) is 3.76. The van der Waals surface area contributed by atoms with Crippen LogP contribution in [0.1, 0.15) is 0 Å². The highest BCUT2D eigenvalue weighted by atomic mass is 79.9. The van der Waals surface area contributed by atoms with E-state index in [2.05, 4.69) is 31.9 Å². The van der Waals surface area contributed by atoms with Crippen LogP contribution in [0.25, 0.3) is 21.9 Å². The number of furan rings is 1. The van der Waals surface area contributed by atoms with Gasteiger partial charge in [-0.05, 0) is 44.0 Å². The molecular formula is C12H5Br2ClO. The molecule has 2 aromatic carbocycles. The molecule has 3 aromatic rings. The Morgan fingerprint density at radius 3 is 2.62 bits per heavy atom. The first-order chi connectivity index (χ1) is 7.68. The fraction of sp³-hybridized carbons (Fsp3) is 0. The van der Waals surface area contributed by atoms with Crippen LogP contribution >= 0.6 is 43.5 Å². The zero-order valence-corrected chi connectivity index (χ0v) is 11.9. The van der Waals surface area contributed by atoms with Gasteiger partial charge in [0.1, 0.15) is 11.2 Å². The van der Waals surface area contributed by atoms with E-state index in [0.29, 0.717) is 5.02 Å². The van der Waals surface area contributed by atoms with Gasteiger partial charge in [-0.15, -0.1) is 0 Å². The van der Waals surface area contributed by atoms with Crippen molar-refractivity contribution in [2.24, 2.45) is 0 Å². The Kier molecular flexibility index (Phi) is 2.50. The standard InChI is InChI=1S/C12H5Br2ClO/c13-7-5-9-10(12(15)11(7)14)6-3-1-2-4-8(6)16-9/h1-5H. The average molecular weight is 360 g/mol. The first-order valence-corrected chi connectivity index (χ1v) is 6.59. The summed E-state index contributed by atoms with van der Waals surface area (Å²) in [5.74, 6) is 0. The van der Waals surface area contributed by atoms with E-state index in [-0.39, 0.29) is 0 Å². The average Bonchev–Trinajstić information content (AvgIpc) is 2.64. The van der Waals surface area contributed by atoms with Gasteiger partial charge in [-0.3, -0.25) is 0 Å². The highest BCUT2D eigenvalue weighted by Gasteiger charge is 2.14. The molecule has 1 aromatic heterocycles. The van der Waals surface area contributed by atoms with E-state index in [9.17, 15) is 0 Å². The third-order valence-electron chi connectivity index (χ3n) is 2.50. The molecule has 0 spiro atoms. The Labute approximate surface area is 114 Å². The van der Waals surface area contributed by atoms with Crippen LogP contribution in [0.15, 0.2) is 43.7 Å². The Morgan fingerprint density at radius 2 is 1.81 bits per heavy atom. The van der Waals surface area contributed by atoms with Crippen molar-refractivity contribution >= 4 is 65.4 Å². The molecule has 0 N–H and O–H groups in total. The molecule has 16 heavy (non-hydrogen) atoms. The number of hydrogen-bond donors (Lipinski definition) is 0. The molecule has 4 heteroatoms. The SMILES string of the molecule is Clc1c(Br)c(Br)cc2oc3ccccc3c12. The minimum absolute atomic E-state index is 0.675. The molecule has 1 heterocycles. The summed E-state index contributed by atoms with van der Waals surface area (Å²) in [5.41, 5.74) is 1.64. The molecule has 0 aliphatic rings. The Bertz CT molecular complexity index is 703. The monoisotopic (exact) mass is 358 g/mol. The number of benzene rings is 2. The summed E-state index contributed by atoms with van der Waals surface area (Å²) in [7, 11) is 0. The molecule has 0 aliphatic heterocycles. The van der Waals surface area contributed by atoms with Crippen LogP contribution in [0.5, 0.6) is 0 Å². The fourth-order valence-electron chi connectivity index (χ4n) is 1.79. The van der Waals surface area contributed by atoms with E-state index in [4.69, 9.17) is 16.0 Å². The Morgan fingerprint density at radius 1 is 1.06 bits per heavy atom. The van der Waals surface area contributed by atoms with E-state index >= 15 is 0 Å². The molecule has 0 atom stereocenters. The summed E-state index contributed by atoms with van der Waals surface area (Å²) in [4.78, 5) is 0. The third-order valence-corrected chi connectivity index (χ3v) is 5.09. The van der Waals surface area contributed by atoms with Gasteiger partial charge in [0, 0.05) is 15.2 Å². The molecule has 1 nitrogen and oxygen atoms in total. The molecule has 0 unspecified atom stereocenters.